The predicted octanol–water partition coefficient (Wildman–Crippen LogP) is 2.41. The third-order valence-corrected chi connectivity index (χ3v) is 1.01. The van der Waals surface area contributed by atoms with Crippen LogP contribution in [0.2, 0.25) is 0 Å². The van der Waals surface area contributed by atoms with Crippen molar-refractivity contribution in [1.82, 2.24) is 5.43 Å². The van der Waals surface area contributed by atoms with E-state index in [1.807, 2.05) is 0 Å². The molecule has 0 atom stereocenters. The molecule has 10 heavy (non-hydrogen) atoms. The standard InChI is InChI=1S/C5H12N4.ClH/c1-2-3-4-5-7-9-8-6;/h7H,2-5H2,1H3;1H. The molecule has 0 radical (unpaired) electrons. The van der Waals surface area contributed by atoms with Crippen molar-refractivity contribution < 1.29 is 0 Å². The zero-order chi connectivity index (χ0) is 6.95. The van der Waals surface area contributed by atoms with Gasteiger partial charge in [0.1, 0.15) is 0 Å². The summed E-state index contributed by atoms with van der Waals surface area (Å²) < 4.78 is 0. The first kappa shape index (κ1) is 12.1. The van der Waals surface area contributed by atoms with Crippen LogP contribution in [0.3, 0.4) is 0 Å². The zero-order valence-corrected chi connectivity index (χ0v) is 6.89. The molecule has 0 aromatic carbocycles. The number of nitrogens with one attached hydrogen (secondary N) is 1. The number of azide groups is 1. The normalized spacial score (nSPS) is 7.30. The Morgan fingerprint density at radius 3 is 2.70 bits per heavy atom. The molecule has 4 nitrogen and oxygen atoms in total. The summed E-state index contributed by atoms with van der Waals surface area (Å²) in [6.07, 6.45) is 3.46. The Bertz CT molecular complexity index is 99.8. The Kier molecular flexibility index (Phi) is 13.6. The molecule has 0 aliphatic heterocycles. The van der Waals surface area contributed by atoms with Crippen LogP contribution >= 0.6 is 12.4 Å². The molecule has 0 saturated carbocycles. The van der Waals surface area contributed by atoms with Crippen molar-refractivity contribution in [3.05, 3.63) is 10.4 Å². The van der Waals surface area contributed by atoms with Crippen LogP contribution in [0.5, 0.6) is 0 Å². The van der Waals surface area contributed by atoms with Crippen LogP contribution in [-0.4, -0.2) is 6.54 Å². The molecule has 0 aliphatic carbocycles. The fourth-order valence-electron chi connectivity index (χ4n) is 0.536. The first-order chi connectivity index (χ1) is 4.41. The van der Waals surface area contributed by atoms with Gasteiger partial charge in [-0.25, -0.2) is 0 Å². The zero-order valence-electron chi connectivity index (χ0n) is 6.08. The number of unbranched alkanes of at least 4 members (excludes halogenated alkanes) is 2. The smallest absolute Gasteiger partial charge is 0.0859 e. The van der Waals surface area contributed by atoms with Crippen molar-refractivity contribution in [2.75, 3.05) is 6.54 Å². The third-order valence-electron chi connectivity index (χ3n) is 1.01. The Morgan fingerprint density at radius 1 is 1.50 bits per heavy atom. The summed E-state index contributed by atoms with van der Waals surface area (Å²) >= 11 is 0. The fraction of sp³-hybridized carbons (Fsp3) is 1.00. The molecule has 0 aromatic rings. The Hall–Kier alpha value is -0.600. The lowest BCUT2D eigenvalue weighted by Gasteiger charge is -1.91. The van der Waals surface area contributed by atoms with Crippen molar-refractivity contribution in [2.24, 2.45) is 5.22 Å². The largest absolute Gasteiger partial charge is 0.261 e. The average molecular weight is 165 g/mol. The van der Waals surface area contributed by atoms with Gasteiger partial charge in [-0.2, -0.15) is 4.91 Å². The van der Waals surface area contributed by atoms with Crippen LogP contribution in [0.25, 0.3) is 10.4 Å². The molecule has 0 fully saturated rings. The third kappa shape index (κ3) is 10.4. The van der Waals surface area contributed by atoms with E-state index >= 15 is 0 Å². The van der Waals surface area contributed by atoms with Crippen LogP contribution in [-0.2, 0) is 0 Å². The monoisotopic (exact) mass is 164 g/mol. The minimum absolute atomic E-state index is 0. The van der Waals surface area contributed by atoms with Crippen LogP contribution in [0.4, 0.5) is 0 Å². The lowest BCUT2D eigenvalue weighted by atomic mass is 10.3. The average Bonchev–Trinajstić information content (AvgIpc) is 1.89. The van der Waals surface area contributed by atoms with E-state index in [-0.39, 0.29) is 12.4 Å². The number of nitrogens with zero attached hydrogens (tertiary/aromatic N) is 3. The minimum atomic E-state index is 0. The highest BCUT2D eigenvalue weighted by atomic mass is 35.5. The van der Waals surface area contributed by atoms with Crippen molar-refractivity contribution in [3.8, 4) is 0 Å². The summed E-state index contributed by atoms with van der Waals surface area (Å²) in [5.74, 6) is 0. The second-order valence-corrected chi connectivity index (χ2v) is 1.80. The molecular weight excluding hydrogens is 152 g/mol. The van der Waals surface area contributed by atoms with Gasteiger partial charge in [0, 0.05) is 0 Å². The molecule has 0 aromatic heterocycles. The van der Waals surface area contributed by atoms with E-state index in [1.54, 1.807) is 0 Å². The van der Waals surface area contributed by atoms with Gasteiger partial charge in [-0.15, -0.1) is 17.9 Å². The van der Waals surface area contributed by atoms with E-state index in [1.165, 1.54) is 12.8 Å². The maximum absolute atomic E-state index is 7.82. The van der Waals surface area contributed by atoms with Gasteiger partial charge in [0.25, 0.3) is 0 Å². The Morgan fingerprint density at radius 2 is 2.20 bits per heavy atom. The second kappa shape index (κ2) is 11.2. The number of hydrogen-bond donors (Lipinski definition) is 1. The summed E-state index contributed by atoms with van der Waals surface area (Å²) in [4.78, 5) is 2.55. The lowest BCUT2D eigenvalue weighted by molar-refractivity contribution is 0.635. The number of hydrogen-bond acceptors (Lipinski definition) is 1. The number of halogens is 1. The van der Waals surface area contributed by atoms with Crippen molar-refractivity contribution in [1.29, 1.82) is 0 Å². The van der Waals surface area contributed by atoms with Crippen LogP contribution in [0.1, 0.15) is 26.2 Å². The van der Waals surface area contributed by atoms with Gasteiger partial charge in [-0.3, -0.25) is 5.43 Å². The topological polar surface area (TPSA) is 60.8 Å². The van der Waals surface area contributed by atoms with Crippen LogP contribution in [0.15, 0.2) is 5.22 Å². The van der Waals surface area contributed by atoms with E-state index in [4.69, 9.17) is 5.53 Å². The van der Waals surface area contributed by atoms with Gasteiger partial charge in [0.2, 0.25) is 0 Å². The fourth-order valence-corrected chi connectivity index (χ4v) is 0.536. The minimum Gasteiger partial charge on any atom is -0.261 e. The molecule has 0 heterocycles. The second-order valence-electron chi connectivity index (χ2n) is 1.80. The maximum Gasteiger partial charge on any atom is 0.0859 e. The van der Waals surface area contributed by atoms with Gasteiger partial charge in [0.05, 0.1) is 6.54 Å². The highest BCUT2D eigenvalue weighted by Gasteiger charge is 1.83. The van der Waals surface area contributed by atoms with E-state index in [2.05, 4.69) is 22.5 Å². The summed E-state index contributed by atoms with van der Waals surface area (Å²) in [6.45, 7) is 2.92. The summed E-state index contributed by atoms with van der Waals surface area (Å²) in [5.41, 5.74) is 10.4. The van der Waals surface area contributed by atoms with E-state index in [0.717, 1.165) is 13.0 Å². The SMILES string of the molecule is CCCCCNN=[N+]=[N-].Cl. The summed E-state index contributed by atoms with van der Waals surface area (Å²) in [6, 6.07) is 0. The lowest BCUT2D eigenvalue weighted by Crippen LogP contribution is -2.04. The van der Waals surface area contributed by atoms with E-state index in [9.17, 15) is 0 Å². The van der Waals surface area contributed by atoms with Crippen LogP contribution in [0, 0.1) is 0 Å². The van der Waals surface area contributed by atoms with Crippen molar-refractivity contribution >= 4 is 12.4 Å². The highest BCUT2D eigenvalue weighted by molar-refractivity contribution is 5.85. The molecule has 0 unspecified atom stereocenters. The highest BCUT2D eigenvalue weighted by Crippen LogP contribution is 1.90. The molecule has 1 N–H and O–H groups in total. The van der Waals surface area contributed by atoms with Gasteiger partial charge in [-0.05, 0) is 18.1 Å². The van der Waals surface area contributed by atoms with Crippen molar-refractivity contribution in [2.45, 2.75) is 26.2 Å². The van der Waals surface area contributed by atoms with Gasteiger partial charge < -0.3 is 0 Å². The van der Waals surface area contributed by atoms with Gasteiger partial charge in [-0.1, -0.05) is 13.3 Å². The first-order valence-electron chi connectivity index (χ1n) is 3.18. The predicted molar refractivity (Wildman–Crippen MR) is 43.9 cm³/mol. The van der Waals surface area contributed by atoms with Gasteiger partial charge >= 0.3 is 0 Å². The molecule has 0 amide bonds. The quantitative estimate of drug-likeness (QED) is 0.219. The molecule has 0 bridgehead atoms. The van der Waals surface area contributed by atoms with E-state index in [0.29, 0.717) is 0 Å². The summed E-state index contributed by atoms with van der Waals surface area (Å²) in [7, 11) is 0. The maximum atomic E-state index is 7.82. The number of rotatable bonds is 5. The van der Waals surface area contributed by atoms with Crippen LogP contribution < -0.4 is 5.43 Å². The Labute approximate surface area is 67.0 Å². The Balaban J connectivity index is 0. The van der Waals surface area contributed by atoms with E-state index < -0.39 is 0 Å². The van der Waals surface area contributed by atoms with Crippen molar-refractivity contribution in [3.63, 3.8) is 0 Å². The first-order valence-corrected chi connectivity index (χ1v) is 3.18. The summed E-state index contributed by atoms with van der Waals surface area (Å²) in [5, 5.41) is 3.17. The molecule has 60 valence electrons. The van der Waals surface area contributed by atoms with Gasteiger partial charge in [0.15, 0.2) is 0 Å². The molecule has 5 heteroatoms. The molecule has 0 spiro atoms. The molecule has 0 aliphatic rings. The molecular formula is C5H13ClN4. The molecule has 0 saturated heterocycles. The molecule has 0 rings (SSSR count).